The lowest BCUT2D eigenvalue weighted by molar-refractivity contribution is -0.128. The van der Waals surface area contributed by atoms with Gasteiger partial charge in [0.1, 0.15) is 0 Å². The first-order valence-electron chi connectivity index (χ1n) is 6.65. The van der Waals surface area contributed by atoms with Crippen LogP contribution in [0.15, 0.2) is 0 Å². The van der Waals surface area contributed by atoms with Crippen molar-refractivity contribution < 1.29 is 9.90 Å². The molecule has 3 aliphatic rings. The van der Waals surface area contributed by atoms with E-state index in [-0.39, 0.29) is 18.4 Å². The maximum Gasteiger partial charge on any atom is 0.223 e. The topological polar surface area (TPSA) is 40.5 Å². The van der Waals surface area contributed by atoms with E-state index in [2.05, 4.69) is 0 Å². The van der Waals surface area contributed by atoms with Crippen LogP contribution in [0.2, 0.25) is 0 Å². The van der Waals surface area contributed by atoms with Gasteiger partial charge in [0.05, 0.1) is 0 Å². The fraction of sp³-hybridized carbons (Fsp3) is 0.923. The predicted octanol–water partition coefficient (Wildman–Crippen LogP) is 1.26. The lowest BCUT2D eigenvalue weighted by atomic mass is 9.88. The molecule has 0 radical (unpaired) electrons. The molecule has 0 aromatic carbocycles. The zero-order valence-electron chi connectivity index (χ0n) is 9.77. The van der Waals surface area contributed by atoms with Crippen molar-refractivity contribution in [1.82, 2.24) is 4.90 Å². The molecule has 1 amide bonds. The van der Waals surface area contributed by atoms with Crippen molar-refractivity contribution in [1.29, 1.82) is 0 Å². The highest BCUT2D eigenvalue weighted by Gasteiger charge is 2.41. The molecule has 3 rings (SSSR count). The second-order valence-corrected chi connectivity index (χ2v) is 5.99. The smallest absolute Gasteiger partial charge is 0.223 e. The predicted molar refractivity (Wildman–Crippen MR) is 60.7 cm³/mol. The van der Waals surface area contributed by atoms with Crippen molar-refractivity contribution in [3.63, 3.8) is 0 Å². The molecule has 0 spiro atoms. The molecule has 3 nitrogen and oxygen atoms in total. The Kier molecular flexibility index (Phi) is 2.66. The average Bonchev–Trinajstić information content (AvgIpc) is 2.95. The van der Waals surface area contributed by atoms with Gasteiger partial charge in [-0.05, 0) is 37.0 Å². The maximum atomic E-state index is 11.8. The van der Waals surface area contributed by atoms with Crippen molar-refractivity contribution in [2.24, 2.45) is 23.7 Å². The summed E-state index contributed by atoms with van der Waals surface area (Å²) < 4.78 is 0. The van der Waals surface area contributed by atoms with Crippen LogP contribution in [0.4, 0.5) is 0 Å². The quantitative estimate of drug-likeness (QED) is 0.782. The minimum absolute atomic E-state index is 0.166. The molecule has 1 aliphatic heterocycles. The van der Waals surface area contributed by atoms with E-state index in [9.17, 15) is 4.79 Å². The molecule has 4 atom stereocenters. The van der Waals surface area contributed by atoms with Crippen molar-refractivity contribution in [3.05, 3.63) is 0 Å². The van der Waals surface area contributed by atoms with E-state index in [0.29, 0.717) is 6.42 Å². The summed E-state index contributed by atoms with van der Waals surface area (Å²) in [6.07, 6.45) is 6.14. The van der Waals surface area contributed by atoms with Crippen LogP contribution in [0.25, 0.3) is 0 Å². The Morgan fingerprint density at radius 2 is 2.19 bits per heavy atom. The number of aliphatic hydroxyl groups excluding tert-OH is 1. The zero-order chi connectivity index (χ0) is 11.1. The second kappa shape index (κ2) is 4.02. The van der Waals surface area contributed by atoms with Crippen molar-refractivity contribution >= 4 is 5.91 Å². The number of fused-ring (bicyclic) bond motifs is 2. The molecular weight excluding hydrogens is 202 g/mol. The summed E-state index contributed by atoms with van der Waals surface area (Å²) in [5.74, 6) is 3.08. The van der Waals surface area contributed by atoms with Crippen molar-refractivity contribution in [2.45, 2.75) is 32.1 Å². The van der Waals surface area contributed by atoms with Gasteiger partial charge >= 0.3 is 0 Å². The monoisotopic (exact) mass is 223 g/mol. The third-order valence-corrected chi connectivity index (χ3v) is 4.89. The van der Waals surface area contributed by atoms with Crippen LogP contribution in [0, 0.1) is 23.7 Å². The summed E-state index contributed by atoms with van der Waals surface area (Å²) >= 11 is 0. The molecule has 3 heteroatoms. The summed E-state index contributed by atoms with van der Waals surface area (Å²) in [7, 11) is 0. The van der Waals surface area contributed by atoms with Gasteiger partial charge in [0.15, 0.2) is 0 Å². The fourth-order valence-electron chi connectivity index (χ4n) is 4.04. The Morgan fingerprint density at radius 1 is 1.31 bits per heavy atom. The van der Waals surface area contributed by atoms with Gasteiger partial charge < -0.3 is 10.0 Å². The Morgan fingerprint density at radius 3 is 2.75 bits per heavy atom. The maximum absolute atomic E-state index is 11.8. The van der Waals surface area contributed by atoms with E-state index < -0.39 is 0 Å². The van der Waals surface area contributed by atoms with Gasteiger partial charge in [0.2, 0.25) is 5.91 Å². The third-order valence-electron chi connectivity index (χ3n) is 4.89. The molecule has 16 heavy (non-hydrogen) atoms. The van der Waals surface area contributed by atoms with E-state index in [0.717, 1.165) is 30.8 Å². The van der Waals surface area contributed by atoms with Crippen LogP contribution in [-0.2, 0) is 4.79 Å². The molecule has 0 aromatic heterocycles. The van der Waals surface area contributed by atoms with Crippen LogP contribution in [0.5, 0.6) is 0 Å². The van der Waals surface area contributed by atoms with E-state index in [1.165, 1.54) is 25.7 Å². The molecule has 1 heterocycles. The Balaban J connectivity index is 1.57. The molecule has 0 aromatic rings. The molecule has 1 N–H and O–H groups in total. The Hall–Kier alpha value is -0.570. The van der Waals surface area contributed by atoms with E-state index in [4.69, 9.17) is 5.11 Å². The van der Waals surface area contributed by atoms with Crippen LogP contribution in [-0.4, -0.2) is 35.6 Å². The van der Waals surface area contributed by atoms with Crippen LogP contribution in [0.1, 0.15) is 32.1 Å². The number of hydrogen-bond donors (Lipinski definition) is 1. The highest BCUT2D eigenvalue weighted by atomic mass is 16.3. The van der Waals surface area contributed by atoms with Crippen LogP contribution in [0.3, 0.4) is 0 Å². The molecule has 4 unspecified atom stereocenters. The standard InChI is InChI=1S/C13H21NO2/c15-8-10-5-13(16)14(6-10)7-12-4-9-1-2-11(12)3-9/h9-12,15H,1-8H2. The molecule has 2 bridgehead atoms. The summed E-state index contributed by atoms with van der Waals surface area (Å²) in [6, 6.07) is 0. The van der Waals surface area contributed by atoms with Gasteiger partial charge in [-0.15, -0.1) is 0 Å². The zero-order valence-corrected chi connectivity index (χ0v) is 9.77. The van der Waals surface area contributed by atoms with E-state index in [1.54, 1.807) is 0 Å². The lowest BCUT2D eigenvalue weighted by Crippen LogP contribution is -2.33. The number of hydrogen-bond acceptors (Lipinski definition) is 2. The van der Waals surface area contributed by atoms with Crippen LogP contribution >= 0.6 is 0 Å². The molecule has 90 valence electrons. The summed E-state index contributed by atoms with van der Waals surface area (Å²) in [5, 5.41) is 9.09. The summed E-state index contributed by atoms with van der Waals surface area (Å²) in [6.45, 7) is 1.93. The average molecular weight is 223 g/mol. The molecular formula is C13H21NO2. The highest BCUT2D eigenvalue weighted by molar-refractivity contribution is 5.78. The minimum Gasteiger partial charge on any atom is -0.396 e. The number of carbonyl (C=O) groups excluding carboxylic acids is 1. The Bertz CT molecular complexity index is 292. The number of carbonyl (C=O) groups is 1. The Labute approximate surface area is 96.8 Å². The first-order valence-corrected chi connectivity index (χ1v) is 6.65. The molecule has 2 saturated carbocycles. The van der Waals surface area contributed by atoms with E-state index in [1.807, 2.05) is 4.90 Å². The summed E-state index contributed by atoms with van der Waals surface area (Å²) in [4.78, 5) is 13.8. The fourth-order valence-corrected chi connectivity index (χ4v) is 4.04. The normalized spacial score (nSPS) is 42.3. The second-order valence-electron chi connectivity index (χ2n) is 5.99. The number of aliphatic hydroxyl groups is 1. The highest BCUT2D eigenvalue weighted by Crippen LogP contribution is 2.48. The SMILES string of the molecule is O=C1CC(CO)CN1CC1CC2CCC1C2. The van der Waals surface area contributed by atoms with Gasteiger partial charge in [0.25, 0.3) is 0 Å². The number of nitrogens with zero attached hydrogens (tertiary/aromatic N) is 1. The number of likely N-dealkylation sites (tertiary alicyclic amines) is 1. The number of rotatable bonds is 3. The minimum atomic E-state index is 0.166. The van der Waals surface area contributed by atoms with Crippen molar-refractivity contribution in [2.75, 3.05) is 19.7 Å². The van der Waals surface area contributed by atoms with Gasteiger partial charge in [-0.25, -0.2) is 0 Å². The molecule has 3 fully saturated rings. The van der Waals surface area contributed by atoms with E-state index >= 15 is 0 Å². The lowest BCUT2D eigenvalue weighted by Gasteiger charge is -2.27. The number of amides is 1. The third kappa shape index (κ3) is 1.75. The molecule has 1 saturated heterocycles. The van der Waals surface area contributed by atoms with Crippen molar-refractivity contribution in [3.8, 4) is 0 Å². The van der Waals surface area contributed by atoms with Gasteiger partial charge in [-0.3, -0.25) is 4.79 Å². The summed E-state index contributed by atoms with van der Waals surface area (Å²) in [5.41, 5.74) is 0. The van der Waals surface area contributed by atoms with Gasteiger partial charge in [-0.1, -0.05) is 6.42 Å². The first-order chi connectivity index (χ1) is 7.76. The van der Waals surface area contributed by atoms with Gasteiger partial charge in [-0.2, -0.15) is 0 Å². The largest absolute Gasteiger partial charge is 0.396 e. The van der Waals surface area contributed by atoms with Gasteiger partial charge in [0, 0.05) is 32.0 Å². The first kappa shape index (κ1) is 10.6. The van der Waals surface area contributed by atoms with Crippen LogP contribution < -0.4 is 0 Å². The molecule has 2 aliphatic carbocycles.